The van der Waals surface area contributed by atoms with Crippen LogP contribution < -0.4 is 5.32 Å². The number of nitrogens with one attached hydrogen (secondary N) is 1. The molecule has 1 aromatic carbocycles. The van der Waals surface area contributed by atoms with E-state index in [-0.39, 0.29) is 6.04 Å². The maximum absolute atomic E-state index is 12.6. The Balaban J connectivity index is 2.08. The van der Waals surface area contributed by atoms with Gasteiger partial charge in [0.2, 0.25) is 0 Å². The highest BCUT2D eigenvalue weighted by Crippen LogP contribution is 2.36. The fourth-order valence-corrected chi connectivity index (χ4v) is 2.22. The number of halogens is 3. The molecule has 1 unspecified atom stereocenters. The zero-order chi connectivity index (χ0) is 13.2. The first-order valence-corrected chi connectivity index (χ1v) is 6.35. The molecule has 4 heteroatoms. The van der Waals surface area contributed by atoms with Gasteiger partial charge in [0.1, 0.15) is 0 Å². The van der Waals surface area contributed by atoms with Crippen LogP contribution in [0.5, 0.6) is 0 Å². The molecule has 0 aromatic heterocycles. The molecule has 1 aliphatic carbocycles. The summed E-state index contributed by atoms with van der Waals surface area (Å²) < 4.78 is 37.9. The summed E-state index contributed by atoms with van der Waals surface area (Å²) >= 11 is 0. The Morgan fingerprint density at radius 2 is 2.06 bits per heavy atom. The summed E-state index contributed by atoms with van der Waals surface area (Å²) in [6.45, 7) is 0. The summed E-state index contributed by atoms with van der Waals surface area (Å²) in [7, 11) is 1.80. The molecule has 18 heavy (non-hydrogen) atoms. The molecule has 1 aromatic rings. The summed E-state index contributed by atoms with van der Waals surface area (Å²) in [6.07, 6.45) is 0.299. The van der Waals surface area contributed by atoms with E-state index in [1.165, 1.54) is 25.0 Å². The molecular formula is C14H18F3N. The second-order valence-electron chi connectivity index (χ2n) is 4.99. The SMILES string of the molecule is CNC(CCC1CC1)c1cccc(C(F)(F)F)c1. The van der Waals surface area contributed by atoms with Crippen molar-refractivity contribution in [2.24, 2.45) is 5.92 Å². The average molecular weight is 257 g/mol. The molecule has 0 radical (unpaired) electrons. The van der Waals surface area contributed by atoms with Gasteiger partial charge in [-0.1, -0.05) is 25.0 Å². The second-order valence-corrected chi connectivity index (χ2v) is 4.99. The average Bonchev–Trinajstić information content (AvgIpc) is 3.13. The van der Waals surface area contributed by atoms with E-state index in [0.717, 1.165) is 30.4 Å². The zero-order valence-electron chi connectivity index (χ0n) is 10.4. The first-order chi connectivity index (χ1) is 8.50. The fourth-order valence-electron chi connectivity index (χ4n) is 2.22. The Morgan fingerprint density at radius 1 is 1.33 bits per heavy atom. The van der Waals surface area contributed by atoms with E-state index in [2.05, 4.69) is 5.32 Å². The minimum Gasteiger partial charge on any atom is -0.313 e. The van der Waals surface area contributed by atoms with Crippen molar-refractivity contribution >= 4 is 0 Å². The molecule has 1 saturated carbocycles. The zero-order valence-corrected chi connectivity index (χ0v) is 10.4. The van der Waals surface area contributed by atoms with Crippen LogP contribution in [0.1, 0.15) is 42.9 Å². The first kappa shape index (κ1) is 13.4. The molecule has 1 atom stereocenters. The molecule has 1 nitrogen and oxygen atoms in total. The van der Waals surface area contributed by atoms with Gasteiger partial charge in [0.25, 0.3) is 0 Å². The smallest absolute Gasteiger partial charge is 0.313 e. The van der Waals surface area contributed by atoms with Crippen molar-refractivity contribution in [3.8, 4) is 0 Å². The van der Waals surface area contributed by atoms with Crippen molar-refractivity contribution in [3.05, 3.63) is 35.4 Å². The summed E-state index contributed by atoms with van der Waals surface area (Å²) in [5, 5.41) is 3.11. The molecule has 0 amide bonds. The summed E-state index contributed by atoms with van der Waals surface area (Å²) in [6, 6.07) is 5.65. The van der Waals surface area contributed by atoms with Gasteiger partial charge >= 0.3 is 6.18 Å². The van der Waals surface area contributed by atoms with Crippen molar-refractivity contribution in [2.75, 3.05) is 7.05 Å². The van der Waals surface area contributed by atoms with Crippen molar-refractivity contribution in [2.45, 2.75) is 37.9 Å². The van der Waals surface area contributed by atoms with Crippen molar-refractivity contribution in [1.29, 1.82) is 0 Å². The quantitative estimate of drug-likeness (QED) is 0.835. The van der Waals surface area contributed by atoms with Gasteiger partial charge in [-0.2, -0.15) is 13.2 Å². The second kappa shape index (κ2) is 5.31. The van der Waals surface area contributed by atoms with Crippen LogP contribution in [0.2, 0.25) is 0 Å². The van der Waals surface area contributed by atoms with Gasteiger partial charge in [-0.05, 0) is 43.5 Å². The molecule has 0 saturated heterocycles. The van der Waals surface area contributed by atoms with Gasteiger partial charge in [0.05, 0.1) is 5.56 Å². The molecule has 0 spiro atoms. The highest BCUT2D eigenvalue weighted by Gasteiger charge is 2.31. The predicted molar refractivity (Wildman–Crippen MR) is 65.2 cm³/mol. The number of rotatable bonds is 5. The van der Waals surface area contributed by atoms with Crippen molar-refractivity contribution < 1.29 is 13.2 Å². The van der Waals surface area contributed by atoms with Gasteiger partial charge in [0, 0.05) is 6.04 Å². The van der Waals surface area contributed by atoms with Crippen LogP contribution in [0, 0.1) is 5.92 Å². The van der Waals surface area contributed by atoms with Gasteiger partial charge in [-0.25, -0.2) is 0 Å². The van der Waals surface area contributed by atoms with Crippen molar-refractivity contribution in [3.63, 3.8) is 0 Å². The number of hydrogen-bond acceptors (Lipinski definition) is 1. The maximum Gasteiger partial charge on any atom is 0.416 e. The molecule has 0 aliphatic heterocycles. The van der Waals surface area contributed by atoms with Gasteiger partial charge in [-0.3, -0.25) is 0 Å². The van der Waals surface area contributed by atoms with E-state index in [1.54, 1.807) is 13.1 Å². The summed E-state index contributed by atoms with van der Waals surface area (Å²) in [5.41, 5.74) is 0.166. The number of alkyl halides is 3. The van der Waals surface area contributed by atoms with E-state index >= 15 is 0 Å². The third kappa shape index (κ3) is 3.48. The molecule has 100 valence electrons. The lowest BCUT2D eigenvalue weighted by Gasteiger charge is -2.18. The minimum absolute atomic E-state index is 0.0212. The van der Waals surface area contributed by atoms with Gasteiger partial charge in [-0.15, -0.1) is 0 Å². The summed E-state index contributed by atoms with van der Waals surface area (Å²) in [5.74, 6) is 0.798. The van der Waals surface area contributed by atoms with E-state index in [9.17, 15) is 13.2 Å². The number of hydrogen-bond donors (Lipinski definition) is 1. The van der Waals surface area contributed by atoms with Crippen LogP contribution in [0.4, 0.5) is 13.2 Å². The largest absolute Gasteiger partial charge is 0.416 e. The first-order valence-electron chi connectivity index (χ1n) is 6.35. The molecule has 1 fully saturated rings. The van der Waals surface area contributed by atoms with Crippen LogP contribution in [0.15, 0.2) is 24.3 Å². The Hall–Kier alpha value is -1.03. The van der Waals surface area contributed by atoms with E-state index in [0.29, 0.717) is 0 Å². The Morgan fingerprint density at radius 3 is 2.61 bits per heavy atom. The molecule has 0 heterocycles. The normalized spacial score (nSPS) is 17.8. The molecule has 1 N–H and O–H groups in total. The van der Waals surface area contributed by atoms with Crippen LogP contribution in [0.25, 0.3) is 0 Å². The Labute approximate surface area is 105 Å². The Bertz CT molecular complexity index is 396. The molecule has 1 aliphatic rings. The van der Waals surface area contributed by atoms with Gasteiger partial charge < -0.3 is 5.32 Å². The molecular weight excluding hydrogens is 239 g/mol. The van der Waals surface area contributed by atoms with Crippen molar-refractivity contribution in [1.82, 2.24) is 5.32 Å². The standard InChI is InChI=1S/C14H18F3N/c1-18-13(8-7-10-5-6-10)11-3-2-4-12(9-11)14(15,16)17/h2-4,9-10,13,18H,5-8H2,1H3. The Kier molecular flexibility index (Phi) is 3.95. The lowest BCUT2D eigenvalue weighted by Crippen LogP contribution is -2.17. The topological polar surface area (TPSA) is 12.0 Å². The predicted octanol–water partition coefficient (Wildman–Crippen LogP) is 4.16. The number of benzene rings is 1. The highest BCUT2D eigenvalue weighted by molar-refractivity contribution is 5.28. The minimum atomic E-state index is -4.26. The van der Waals surface area contributed by atoms with Crippen LogP contribution in [-0.2, 0) is 6.18 Å². The van der Waals surface area contributed by atoms with E-state index in [1.807, 2.05) is 0 Å². The third-order valence-electron chi connectivity index (χ3n) is 3.53. The van der Waals surface area contributed by atoms with E-state index < -0.39 is 11.7 Å². The lowest BCUT2D eigenvalue weighted by molar-refractivity contribution is -0.137. The van der Waals surface area contributed by atoms with Crippen LogP contribution in [0.3, 0.4) is 0 Å². The van der Waals surface area contributed by atoms with Crippen LogP contribution >= 0.6 is 0 Å². The van der Waals surface area contributed by atoms with Crippen LogP contribution in [-0.4, -0.2) is 7.05 Å². The van der Waals surface area contributed by atoms with E-state index in [4.69, 9.17) is 0 Å². The maximum atomic E-state index is 12.6. The lowest BCUT2D eigenvalue weighted by atomic mass is 9.98. The molecule has 0 bridgehead atoms. The third-order valence-corrected chi connectivity index (χ3v) is 3.53. The molecule has 2 rings (SSSR count). The van der Waals surface area contributed by atoms with Gasteiger partial charge in [0.15, 0.2) is 0 Å². The monoisotopic (exact) mass is 257 g/mol. The highest BCUT2D eigenvalue weighted by atomic mass is 19.4. The summed E-state index contributed by atoms with van der Waals surface area (Å²) in [4.78, 5) is 0. The fraction of sp³-hybridized carbons (Fsp3) is 0.571.